The van der Waals surface area contributed by atoms with Crippen LogP contribution in [0.25, 0.3) is 11.3 Å². The van der Waals surface area contributed by atoms with E-state index in [1.165, 1.54) is 0 Å². The number of aromatic nitrogens is 2. The number of benzene rings is 1. The molecule has 1 aromatic carbocycles. The van der Waals surface area contributed by atoms with Crippen LogP contribution >= 0.6 is 22.9 Å². The van der Waals surface area contributed by atoms with Crippen LogP contribution in [0.3, 0.4) is 0 Å². The molecule has 5 nitrogen and oxygen atoms in total. The summed E-state index contributed by atoms with van der Waals surface area (Å²) >= 11 is 7.47. The van der Waals surface area contributed by atoms with Crippen molar-refractivity contribution in [1.82, 2.24) is 14.9 Å². The molecule has 0 saturated heterocycles. The molecular formula is C20H22ClN3O2S. The van der Waals surface area contributed by atoms with Crippen molar-refractivity contribution in [3.8, 4) is 17.0 Å². The zero-order valence-electron chi connectivity index (χ0n) is 15.6. The number of amides is 1. The number of carbonyl (C=O) groups excluding carboxylic acids is 1. The summed E-state index contributed by atoms with van der Waals surface area (Å²) < 4.78 is 7.60. The van der Waals surface area contributed by atoms with Crippen molar-refractivity contribution in [2.75, 3.05) is 13.2 Å². The van der Waals surface area contributed by atoms with Gasteiger partial charge in [0.1, 0.15) is 18.9 Å². The lowest BCUT2D eigenvalue weighted by molar-refractivity contribution is -0.121. The van der Waals surface area contributed by atoms with Crippen LogP contribution in [0.15, 0.2) is 35.7 Å². The van der Waals surface area contributed by atoms with Gasteiger partial charge in [0.2, 0.25) is 5.91 Å². The number of ether oxygens (including phenoxy) is 1. The van der Waals surface area contributed by atoms with Gasteiger partial charge in [-0.05, 0) is 51.1 Å². The number of hydrogen-bond acceptors (Lipinski definition) is 4. The highest BCUT2D eigenvalue weighted by atomic mass is 35.5. The van der Waals surface area contributed by atoms with E-state index in [9.17, 15) is 4.79 Å². The first kappa shape index (κ1) is 19.5. The predicted octanol–water partition coefficient (Wildman–Crippen LogP) is 4.39. The van der Waals surface area contributed by atoms with Crippen molar-refractivity contribution in [1.29, 1.82) is 0 Å². The first-order valence-corrected chi connectivity index (χ1v) is 9.94. The molecule has 0 aliphatic rings. The van der Waals surface area contributed by atoms with Gasteiger partial charge in [0.05, 0.1) is 17.2 Å². The fourth-order valence-corrected chi connectivity index (χ4v) is 3.62. The zero-order chi connectivity index (χ0) is 19.4. The van der Waals surface area contributed by atoms with Gasteiger partial charge in [0.15, 0.2) is 0 Å². The maximum atomic E-state index is 12.3. The third-order valence-electron chi connectivity index (χ3n) is 4.28. The summed E-state index contributed by atoms with van der Waals surface area (Å²) in [5.41, 5.74) is 4.13. The van der Waals surface area contributed by atoms with E-state index < -0.39 is 0 Å². The van der Waals surface area contributed by atoms with Gasteiger partial charge in [0, 0.05) is 27.4 Å². The summed E-state index contributed by atoms with van der Waals surface area (Å²) in [4.78, 5) is 16.9. The highest BCUT2D eigenvalue weighted by Crippen LogP contribution is 2.27. The van der Waals surface area contributed by atoms with Gasteiger partial charge in [-0.25, -0.2) is 4.98 Å². The molecule has 1 N–H and O–H groups in total. The van der Waals surface area contributed by atoms with Gasteiger partial charge in [-0.2, -0.15) is 0 Å². The van der Waals surface area contributed by atoms with Crippen molar-refractivity contribution >= 4 is 28.8 Å². The second kappa shape index (κ2) is 8.59. The van der Waals surface area contributed by atoms with Crippen LogP contribution in [0.1, 0.15) is 16.4 Å². The van der Waals surface area contributed by atoms with Crippen LogP contribution in [0.5, 0.6) is 5.75 Å². The Kier molecular flexibility index (Phi) is 6.19. The summed E-state index contributed by atoms with van der Waals surface area (Å²) in [5.74, 6) is 0.687. The molecule has 3 rings (SSSR count). The maximum absolute atomic E-state index is 12.3. The topological polar surface area (TPSA) is 56.2 Å². The molecule has 0 radical (unpaired) electrons. The zero-order valence-corrected chi connectivity index (χ0v) is 17.2. The summed E-state index contributed by atoms with van der Waals surface area (Å²) in [6.45, 7) is 7.15. The third-order valence-corrected chi connectivity index (χ3v) is 5.30. The van der Waals surface area contributed by atoms with E-state index in [2.05, 4.69) is 21.7 Å². The number of hydrogen-bond donors (Lipinski definition) is 1. The molecule has 0 aliphatic heterocycles. The number of thiazole rings is 1. The molecule has 0 bridgehead atoms. The molecule has 27 heavy (non-hydrogen) atoms. The van der Waals surface area contributed by atoms with Crippen LogP contribution in [0, 0.1) is 20.8 Å². The van der Waals surface area contributed by atoms with Gasteiger partial charge in [-0.3, -0.25) is 4.79 Å². The Hall–Kier alpha value is -2.31. The minimum atomic E-state index is -0.0440. The summed E-state index contributed by atoms with van der Waals surface area (Å²) in [7, 11) is 0. The summed E-state index contributed by atoms with van der Waals surface area (Å²) in [6, 6.07) is 9.24. The maximum Gasteiger partial charge on any atom is 0.240 e. The lowest BCUT2D eigenvalue weighted by Gasteiger charge is -2.11. The van der Waals surface area contributed by atoms with E-state index in [-0.39, 0.29) is 12.5 Å². The Balaban J connectivity index is 1.53. The Bertz CT molecular complexity index is 931. The molecule has 0 aliphatic carbocycles. The fourth-order valence-electron chi connectivity index (χ4n) is 2.88. The Morgan fingerprint density at radius 1 is 1.26 bits per heavy atom. The average molecular weight is 404 g/mol. The Morgan fingerprint density at radius 2 is 2.00 bits per heavy atom. The van der Waals surface area contributed by atoms with Gasteiger partial charge < -0.3 is 14.6 Å². The molecule has 2 aromatic heterocycles. The van der Waals surface area contributed by atoms with Crippen molar-refractivity contribution in [2.45, 2.75) is 27.3 Å². The van der Waals surface area contributed by atoms with E-state index in [4.69, 9.17) is 16.3 Å². The second-order valence-corrected chi connectivity index (χ2v) is 7.77. The Morgan fingerprint density at radius 3 is 2.67 bits per heavy atom. The normalized spacial score (nSPS) is 10.8. The van der Waals surface area contributed by atoms with Crippen molar-refractivity contribution in [3.63, 3.8) is 0 Å². The van der Waals surface area contributed by atoms with Crippen LogP contribution < -0.4 is 10.1 Å². The fraction of sp³-hybridized carbons (Fsp3) is 0.300. The molecular weight excluding hydrogens is 382 g/mol. The molecule has 2 heterocycles. The summed E-state index contributed by atoms with van der Waals surface area (Å²) in [6.07, 6.45) is 0. The van der Waals surface area contributed by atoms with E-state index in [1.54, 1.807) is 35.6 Å². The minimum Gasteiger partial charge on any atom is -0.492 e. The first-order valence-electron chi connectivity index (χ1n) is 8.68. The lowest BCUT2D eigenvalue weighted by atomic mass is 10.2. The van der Waals surface area contributed by atoms with Gasteiger partial charge >= 0.3 is 0 Å². The number of carbonyl (C=O) groups is 1. The molecule has 0 fully saturated rings. The van der Waals surface area contributed by atoms with Crippen LogP contribution in [-0.2, 0) is 11.3 Å². The largest absolute Gasteiger partial charge is 0.492 e. The van der Waals surface area contributed by atoms with E-state index in [1.807, 2.05) is 25.3 Å². The molecule has 142 valence electrons. The molecule has 0 atom stereocenters. The third kappa shape index (κ3) is 4.90. The van der Waals surface area contributed by atoms with Crippen molar-refractivity contribution in [2.24, 2.45) is 0 Å². The molecule has 0 saturated carbocycles. The monoisotopic (exact) mass is 403 g/mol. The number of nitrogens with zero attached hydrogens (tertiary/aromatic N) is 2. The highest BCUT2D eigenvalue weighted by molar-refractivity contribution is 7.09. The standard InChI is InChI=1S/C20H22ClN3O2S/c1-13-10-18(19-12-27-15(3)23-19)14(2)24(13)11-20(25)22-8-9-26-17-6-4-16(21)5-7-17/h4-7,10,12H,8-9,11H2,1-3H3,(H,22,25). The van der Waals surface area contributed by atoms with Crippen molar-refractivity contribution in [3.05, 3.63) is 57.1 Å². The van der Waals surface area contributed by atoms with E-state index in [0.29, 0.717) is 18.2 Å². The predicted molar refractivity (Wildman–Crippen MR) is 110 cm³/mol. The Labute approximate surface area is 168 Å². The minimum absolute atomic E-state index is 0.0440. The number of halogens is 1. The van der Waals surface area contributed by atoms with E-state index in [0.717, 1.165) is 33.4 Å². The SMILES string of the molecule is Cc1nc(-c2cc(C)n(CC(=O)NCCOc3ccc(Cl)cc3)c2C)cs1. The van der Waals surface area contributed by atoms with Crippen LogP contribution in [-0.4, -0.2) is 28.6 Å². The first-order chi connectivity index (χ1) is 12.9. The van der Waals surface area contributed by atoms with Crippen molar-refractivity contribution < 1.29 is 9.53 Å². The van der Waals surface area contributed by atoms with E-state index >= 15 is 0 Å². The van der Waals surface area contributed by atoms with Crippen LogP contribution in [0.4, 0.5) is 0 Å². The van der Waals surface area contributed by atoms with Gasteiger partial charge in [0.25, 0.3) is 0 Å². The molecule has 0 spiro atoms. The van der Waals surface area contributed by atoms with Gasteiger partial charge in [-0.1, -0.05) is 11.6 Å². The van der Waals surface area contributed by atoms with Crippen LogP contribution in [0.2, 0.25) is 5.02 Å². The van der Waals surface area contributed by atoms with Gasteiger partial charge in [-0.15, -0.1) is 11.3 Å². The number of aryl methyl sites for hydroxylation is 2. The molecule has 1 amide bonds. The smallest absolute Gasteiger partial charge is 0.240 e. The highest BCUT2D eigenvalue weighted by Gasteiger charge is 2.15. The second-order valence-electron chi connectivity index (χ2n) is 6.28. The average Bonchev–Trinajstić information content (AvgIpc) is 3.18. The molecule has 3 aromatic rings. The number of nitrogens with one attached hydrogen (secondary N) is 1. The lowest BCUT2D eigenvalue weighted by Crippen LogP contribution is -2.31. The summed E-state index contributed by atoms with van der Waals surface area (Å²) in [5, 5.41) is 6.65. The number of rotatable bonds is 7. The molecule has 7 heteroatoms. The molecule has 0 unspecified atom stereocenters. The quantitative estimate of drug-likeness (QED) is 0.595.